The van der Waals surface area contributed by atoms with E-state index in [9.17, 15) is 5.11 Å². The normalized spacial score (nSPS) is 31.2. The number of rotatable bonds is 5. The Labute approximate surface area is 94.0 Å². The molecule has 1 aliphatic carbocycles. The van der Waals surface area contributed by atoms with Crippen LogP contribution in [0, 0.1) is 11.8 Å². The van der Waals surface area contributed by atoms with Crippen LogP contribution in [0.2, 0.25) is 0 Å². The van der Waals surface area contributed by atoms with E-state index in [-0.39, 0.29) is 0 Å². The van der Waals surface area contributed by atoms with Gasteiger partial charge in [0, 0.05) is 7.11 Å². The van der Waals surface area contributed by atoms with Crippen molar-refractivity contribution in [3.05, 3.63) is 0 Å². The highest BCUT2D eigenvalue weighted by Crippen LogP contribution is 2.40. The predicted octanol–water partition coefficient (Wildman–Crippen LogP) is 2.99. The first-order valence-electron chi connectivity index (χ1n) is 6.39. The first-order valence-corrected chi connectivity index (χ1v) is 6.39. The Bertz CT molecular complexity index is 181. The van der Waals surface area contributed by atoms with Crippen molar-refractivity contribution in [3.63, 3.8) is 0 Å². The van der Waals surface area contributed by atoms with Crippen LogP contribution in [-0.4, -0.2) is 24.4 Å². The summed E-state index contributed by atoms with van der Waals surface area (Å²) in [5.74, 6) is 1.14. The highest BCUT2D eigenvalue weighted by Gasteiger charge is 2.40. The zero-order valence-corrected chi connectivity index (χ0v) is 10.5. The molecule has 90 valence electrons. The molecule has 1 fully saturated rings. The van der Waals surface area contributed by atoms with Gasteiger partial charge in [-0.1, -0.05) is 39.5 Å². The van der Waals surface area contributed by atoms with Crippen LogP contribution in [0.15, 0.2) is 0 Å². The molecule has 1 rings (SSSR count). The Balaban J connectivity index is 2.70. The smallest absolute Gasteiger partial charge is 0.0907 e. The molecule has 0 amide bonds. The van der Waals surface area contributed by atoms with Crippen molar-refractivity contribution in [1.29, 1.82) is 0 Å². The molecule has 0 bridgehead atoms. The molecule has 0 aromatic heterocycles. The molecule has 0 aliphatic heterocycles. The molecule has 1 saturated carbocycles. The van der Waals surface area contributed by atoms with Crippen molar-refractivity contribution in [2.24, 2.45) is 11.8 Å². The molecular formula is C13H26O2. The Morgan fingerprint density at radius 2 is 1.93 bits per heavy atom. The Kier molecular flexibility index (Phi) is 5.07. The SMILES string of the molecule is CCC1CCCCC1C(O)(CC)COC. The summed E-state index contributed by atoms with van der Waals surface area (Å²) in [5.41, 5.74) is -0.587. The summed E-state index contributed by atoms with van der Waals surface area (Å²) >= 11 is 0. The van der Waals surface area contributed by atoms with Crippen LogP contribution >= 0.6 is 0 Å². The van der Waals surface area contributed by atoms with Gasteiger partial charge in [0.25, 0.3) is 0 Å². The fourth-order valence-electron chi connectivity index (χ4n) is 3.12. The summed E-state index contributed by atoms with van der Waals surface area (Å²) in [5, 5.41) is 10.6. The minimum Gasteiger partial charge on any atom is -0.387 e. The maximum absolute atomic E-state index is 10.6. The van der Waals surface area contributed by atoms with Crippen LogP contribution in [0.5, 0.6) is 0 Å². The van der Waals surface area contributed by atoms with Crippen LogP contribution in [0.1, 0.15) is 52.4 Å². The van der Waals surface area contributed by atoms with Crippen molar-refractivity contribution in [2.75, 3.05) is 13.7 Å². The van der Waals surface area contributed by atoms with Gasteiger partial charge in [-0.3, -0.25) is 0 Å². The first-order chi connectivity index (χ1) is 7.18. The lowest BCUT2D eigenvalue weighted by molar-refractivity contribution is -0.104. The third kappa shape index (κ3) is 2.94. The van der Waals surface area contributed by atoms with Gasteiger partial charge in [0.1, 0.15) is 0 Å². The van der Waals surface area contributed by atoms with Crippen molar-refractivity contribution >= 4 is 0 Å². The van der Waals surface area contributed by atoms with Crippen molar-refractivity contribution < 1.29 is 9.84 Å². The Morgan fingerprint density at radius 3 is 2.47 bits per heavy atom. The summed E-state index contributed by atoms with van der Waals surface area (Å²) in [7, 11) is 1.68. The van der Waals surface area contributed by atoms with Gasteiger partial charge in [-0.2, -0.15) is 0 Å². The molecule has 0 spiro atoms. The van der Waals surface area contributed by atoms with Gasteiger partial charge in [-0.25, -0.2) is 0 Å². The third-order valence-corrected chi connectivity index (χ3v) is 4.13. The van der Waals surface area contributed by atoms with E-state index in [4.69, 9.17) is 4.74 Å². The molecule has 15 heavy (non-hydrogen) atoms. The fourth-order valence-corrected chi connectivity index (χ4v) is 3.12. The van der Waals surface area contributed by atoms with Crippen LogP contribution in [-0.2, 0) is 4.74 Å². The summed E-state index contributed by atoms with van der Waals surface area (Å²) in [6.45, 7) is 4.80. The highest BCUT2D eigenvalue weighted by molar-refractivity contribution is 4.91. The van der Waals surface area contributed by atoms with Gasteiger partial charge in [0.2, 0.25) is 0 Å². The van der Waals surface area contributed by atoms with Gasteiger partial charge in [-0.15, -0.1) is 0 Å². The molecule has 1 aliphatic rings. The Morgan fingerprint density at radius 1 is 1.27 bits per heavy atom. The molecule has 0 aromatic carbocycles. The maximum Gasteiger partial charge on any atom is 0.0907 e. The second kappa shape index (κ2) is 5.86. The van der Waals surface area contributed by atoms with E-state index in [1.165, 1.54) is 32.1 Å². The van der Waals surface area contributed by atoms with Gasteiger partial charge in [-0.05, 0) is 24.7 Å². The molecule has 1 N–H and O–H groups in total. The molecule has 2 nitrogen and oxygen atoms in total. The zero-order chi connectivity index (χ0) is 11.3. The molecule has 0 heterocycles. The van der Waals surface area contributed by atoms with E-state index < -0.39 is 5.60 Å². The van der Waals surface area contributed by atoms with Crippen molar-refractivity contribution in [2.45, 2.75) is 58.0 Å². The number of aliphatic hydroxyl groups is 1. The van der Waals surface area contributed by atoms with E-state index in [1.54, 1.807) is 7.11 Å². The van der Waals surface area contributed by atoms with E-state index in [0.717, 1.165) is 6.42 Å². The average molecular weight is 214 g/mol. The lowest BCUT2D eigenvalue weighted by Crippen LogP contribution is -2.46. The van der Waals surface area contributed by atoms with E-state index >= 15 is 0 Å². The summed E-state index contributed by atoms with van der Waals surface area (Å²) < 4.78 is 5.19. The molecular weight excluding hydrogens is 188 g/mol. The maximum atomic E-state index is 10.6. The number of hydrogen-bond donors (Lipinski definition) is 1. The van der Waals surface area contributed by atoms with Gasteiger partial charge < -0.3 is 9.84 Å². The van der Waals surface area contributed by atoms with Gasteiger partial charge in [0.05, 0.1) is 12.2 Å². The van der Waals surface area contributed by atoms with E-state index in [1.807, 2.05) is 0 Å². The molecule has 3 atom stereocenters. The standard InChI is InChI=1S/C13H26O2/c1-4-11-8-6-7-9-12(11)13(14,5-2)10-15-3/h11-12,14H,4-10H2,1-3H3. The van der Waals surface area contributed by atoms with E-state index in [2.05, 4.69) is 13.8 Å². The largest absolute Gasteiger partial charge is 0.387 e. The third-order valence-electron chi connectivity index (χ3n) is 4.13. The second-order valence-electron chi connectivity index (χ2n) is 4.95. The quantitative estimate of drug-likeness (QED) is 0.762. The van der Waals surface area contributed by atoms with Gasteiger partial charge in [0.15, 0.2) is 0 Å². The summed E-state index contributed by atoms with van der Waals surface area (Å²) in [6.07, 6.45) is 7.06. The number of hydrogen-bond acceptors (Lipinski definition) is 2. The van der Waals surface area contributed by atoms with Crippen LogP contribution in [0.4, 0.5) is 0 Å². The Hall–Kier alpha value is -0.0800. The van der Waals surface area contributed by atoms with Crippen LogP contribution in [0.25, 0.3) is 0 Å². The number of ether oxygens (including phenoxy) is 1. The molecule has 0 aromatic rings. The zero-order valence-electron chi connectivity index (χ0n) is 10.5. The van der Waals surface area contributed by atoms with Crippen molar-refractivity contribution in [3.8, 4) is 0 Å². The minimum atomic E-state index is -0.587. The van der Waals surface area contributed by atoms with E-state index in [0.29, 0.717) is 18.4 Å². The lowest BCUT2D eigenvalue weighted by atomic mass is 9.68. The molecule has 0 radical (unpaired) electrons. The van der Waals surface area contributed by atoms with Crippen LogP contribution in [0.3, 0.4) is 0 Å². The van der Waals surface area contributed by atoms with Crippen LogP contribution < -0.4 is 0 Å². The fraction of sp³-hybridized carbons (Fsp3) is 1.00. The topological polar surface area (TPSA) is 29.5 Å². The number of methoxy groups -OCH3 is 1. The van der Waals surface area contributed by atoms with Gasteiger partial charge >= 0.3 is 0 Å². The van der Waals surface area contributed by atoms with Crippen molar-refractivity contribution in [1.82, 2.24) is 0 Å². The lowest BCUT2D eigenvalue weighted by Gasteiger charge is -2.42. The minimum absolute atomic E-state index is 0.446. The molecule has 3 unspecified atom stereocenters. The highest BCUT2D eigenvalue weighted by atomic mass is 16.5. The molecule has 2 heteroatoms. The summed E-state index contributed by atoms with van der Waals surface area (Å²) in [4.78, 5) is 0. The monoisotopic (exact) mass is 214 g/mol. The molecule has 0 saturated heterocycles. The summed E-state index contributed by atoms with van der Waals surface area (Å²) in [6, 6.07) is 0. The first kappa shape index (κ1) is 13.0. The predicted molar refractivity (Wildman–Crippen MR) is 62.9 cm³/mol. The second-order valence-corrected chi connectivity index (χ2v) is 4.95. The average Bonchev–Trinajstić information content (AvgIpc) is 2.29.